The fraction of sp³-hybridized carbons (Fsp3) is 0.200. The molecule has 5 aromatic rings. The van der Waals surface area contributed by atoms with Crippen LogP contribution in [0.2, 0.25) is 0 Å². The van der Waals surface area contributed by atoms with Crippen molar-refractivity contribution < 1.29 is 22.7 Å². The highest BCUT2D eigenvalue weighted by Gasteiger charge is 2.46. The van der Waals surface area contributed by atoms with Crippen LogP contribution in [0.25, 0.3) is 22.2 Å². The first-order chi connectivity index (χ1) is 21.7. The van der Waals surface area contributed by atoms with Crippen LogP contribution in [-0.2, 0) is 14.8 Å². The minimum Gasteiger partial charge on any atom is -0.497 e. The fourth-order valence-corrected chi connectivity index (χ4v) is 6.89. The van der Waals surface area contributed by atoms with Gasteiger partial charge in [-0.1, -0.05) is 80.6 Å². The molecule has 1 aromatic heterocycles. The number of carbonyl (C=O) groups is 2. The van der Waals surface area contributed by atoms with Gasteiger partial charge in [0.15, 0.2) is 0 Å². The molecule has 2 atom stereocenters. The number of methoxy groups -OCH3 is 1. The van der Waals surface area contributed by atoms with Gasteiger partial charge in [-0.15, -0.1) is 4.83 Å². The number of hydrazine groups is 1. The Morgan fingerprint density at radius 3 is 2.29 bits per heavy atom. The Labute approximate surface area is 262 Å². The fourth-order valence-electron chi connectivity index (χ4n) is 6.04. The van der Waals surface area contributed by atoms with Crippen molar-refractivity contribution in [2.24, 2.45) is 5.92 Å². The number of aromatic amines is 1. The van der Waals surface area contributed by atoms with E-state index in [1.54, 1.807) is 11.0 Å². The van der Waals surface area contributed by atoms with Crippen molar-refractivity contribution >= 4 is 32.7 Å². The van der Waals surface area contributed by atoms with Crippen LogP contribution in [0.3, 0.4) is 0 Å². The molecule has 10 heteroatoms. The van der Waals surface area contributed by atoms with Crippen molar-refractivity contribution in [1.82, 2.24) is 20.1 Å². The van der Waals surface area contributed by atoms with E-state index in [1.165, 1.54) is 31.4 Å². The third-order valence-electron chi connectivity index (χ3n) is 8.09. The molecule has 2 amide bonds. The smallest absolute Gasteiger partial charge is 0.257 e. The zero-order valence-electron chi connectivity index (χ0n) is 25.2. The lowest BCUT2D eigenvalue weighted by Crippen LogP contribution is -2.53. The Bertz CT molecular complexity index is 1970. The number of aromatic nitrogens is 1. The second-order valence-electron chi connectivity index (χ2n) is 11.4. The molecule has 0 fully saturated rings. The van der Waals surface area contributed by atoms with E-state index in [9.17, 15) is 18.0 Å². The molecule has 0 bridgehead atoms. The van der Waals surface area contributed by atoms with Crippen LogP contribution < -0.4 is 15.0 Å². The van der Waals surface area contributed by atoms with E-state index in [-0.39, 0.29) is 16.7 Å². The van der Waals surface area contributed by atoms with Gasteiger partial charge in [0, 0.05) is 22.0 Å². The maximum Gasteiger partial charge on any atom is 0.257 e. The maximum atomic E-state index is 14.3. The summed E-state index contributed by atoms with van der Waals surface area (Å²) in [5.74, 6) is -0.417. The monoisotopic (exact) mass is 622 g/mol. The second kappa shape index (κ2) is 12.2. The van der Waals surface area contributed by atoms with Gasteiger partial charge in [-0.3, -0.25) is 15.0 Å². The van der Waals surface area contributed by atoms with Crippen LogP contribution in [0.4, 0.5) is 0 Å². The highest BCUT2D eigenvalue weighted by atomic mass is 32.2. The molecule has 6 rings (SSSR count). The van der Waals surface area contributed by atoms with Crippen LogP contribution in [0.5, 0.6) is 5.75 Å². The van der Waals surface area contributed by atoms with Gasteiger partial charge in [-0.25, -0.2) is 8.42 Å². The van der Waals surface area contributed by atoms with Gasteiger partial charge in [0.25, 0.3) is 21.8 Å². The van der Waals surface area contributed by atoms with Crippen LogP contribution in [0.1, 0.15) is 47.8 Å². The molecule has 0 aliphatic carbocycles. The number of carbonyl (C=O) groups excluding carboxylic acids is 2. The molecule has 1 aliphatic rings. The lowest BCUT2D eigenvalue weighted by molar-refractivity contribution is -0.127. The number of rotatable bonds is 10. The predicted octanol–water partition coefficient (Wildman–Crippen LogP) is 5.81. The first-order valence-electron chi connectivity index (χ1n) is 14.7. The average Bonchev–Trinajstić information content (AvgIpc) is 3.57. The first kappa shape index (κ1) is 30.1. The number of nitrogens with zero attached hydrogens (tertiary/aromatic N) is 1. The third-order valence-corrected chi connectivity index (χ3v) is 9.36. The van der Waals surface area contributed by atoms with Crippen molar-refractivity contribution in [1.29, 1.82) is 0 Å². The predicted molar refractivity (Wildman–Crippen MR) is 173 cm³/mol. The molecular weight excluding hydrogens is 588 g/mol. The number of nitrogens with one attached hydrogen (secondary N) is 3. The summed E-state index contributed by atoms with van der Waals surface area (Å²) < 4.78 is 31.3. The Kier molecular flexibility index (Phi) is 8.18. The van der Waals surface area contributed by atoms with E-state index < -0.39 is 28.0 Å². The summed E-state index contributed by atoms with van der Waals surface area (Å²) in [6.45, 7) is 3.93. The number of H-pyrrole nitrogens is 1. The number of hydrogen-bond acceptors (Lipinski definition) is 5. The van der Waals surface area contributed by atoms with Gasteiger partial charge in [0.1, 0.15) is 11.8 Å². The van der Waals surface area contributed by atoms with E-state index in [1.807, 2.05) is 86.6 Å². The molecule has 9 nitrogen and oxygen atoms in total. The molecular formula is C35H34N4O5S. The van der Waals surface area contributed by atoms with Crippen LogP contribution >= 0.6 is 0 Å². The van der Waals surface area contributed by atoms with Crippen molar-refractivity contribution in [3.8, 4) is 17.0 Å². The van der Waals surface area contributed by atoms with E-state index in [0.29, 0.717) is 17.7 Å². The van der Waals surface area contributed by atoms with Crippen molar-refractivity contribution in [3.63, 3.8) is 0 Å². The number of hydrogen-bond donors (Lipinski definition) is 3. The molecule has 1 aliphatic heterocycles. The Hall–Kier alpha value is -4.93. The number of sulfonamides is 1. The normalized spacial score (nSPS) is 15.3. The van der Waals surface area contributed by atoms with Crippen molar-refractivity contribution in [3.05, 3.63) is 120 Å². The molecule has 4 aromatic carbocycles. The molecule has 0 saturated heterocycles. The molecule has 0 saturated carbocycles. The summed E-state index contributed by atoms with van der Waals surface area (Å²) in [6.07, 6.45) is 0.301. The molecule has 3 N–H and O–H groups in total. The summed E-state index contributed by atoms with van der Waals surface area (Å²) in [5, 5.41) is 0.930. The minimum absolute atomic E-state index is 0.00710. The molecule has 2 unspecified atom stereocenters. The Morgan fingerprint density at radius 1 is 0.911 bits per heavy atom. The number of ether oxygens (including phenoxy) is 1. The third kappa shape index (κ3) is 5.70. The molecule has 2 heterocycles. The van der Waals surface area contributed by atoms with E-state index in [0.717, 1.165) is 33.3 Å². The average molecular weight is 623 g/mol. The van der Waals surface area contributed by atoms with Crippen LogP contribution in [-0.4, -0.2) is 43.3 Å². The van der Waals surface area contributed by atoms with Gasteiger partial charge in [0.05, 0.1) is 23.7 Å². The summed E-state index contributed by atoms with van der Waals surface area (Å²) in [7, 11) is -2.62. The van der Waals surface area contributed by atoms with Gasteiger partial charge in [-0.05, 0) is 59.9 Å². The Morgan fingerprint density at radius 2 is 1.58 bits per heavy atom. The quantitative estimate of drug-likeness (QED) is 0.170. The van der Waals surface area contributed by atoms with Crippen LogP contribution in [0.15, 0.2) is 108 Å². The van der Waals surface area contributed by atoms with Crippen molar-refractivity contribution in [2.45, 2.75) is 37.2 Å². The highest BCUT2D eigenvalue weighted by molar-refractivity contribution is 7.89. The number of amides is 2. The summed E-state index contributed by atoms with van der Waals surface area (Å²) in [4.78, 5) is 35.7. The molecule has 45 heavy (non-hydrogen) atoms. The van der Waals surface area contributed by atoms with Gasteiger partial charge >= 0.3 is 0 Å². The standard InChI is InChI=1S/C35H34N4O5S/c1-22(2)21-30(34(40)37-38-45(42,43)25-19-17-24(44-3)18-20-25)39-33(26-13-7-8-14-27(26)35(39)41)31-28-15-9-10-16-29(28)36-32(31)23-11-5-4-6-12-23/h4-20,22,30,33,36,38H,21H2,1-3H3,(H,37,40). The lowest BCUT2D eigenvalue weighted by Gasteiger charge is -2.34. The minimum atomic E-state index is -4.11. The lowest BCUT2D eigenvalue weighted by atomic mass is 9.91. The zero-order valence-corrected chi connectivity index (χ0v) is 26.0. The molecule has 0 radical (unpaired) electrons. The summed E-state index contributed by atoms with van der Waals surface area (Å²) in [5.41, 5.74) is 7.27. The van der Waals surface area contributed by atoms with Gasteiger partial charge in [0.2, 0.25) is 0 Å². The number of para-hydroxylation sites is 1. The molecule has 230 valence electrons. The SMILES string of the molecule is COc1ccc(S(=O)(=O)NNC(=O)C(CC(C)C)N2C(=O)c3ccccc3C2c2c(-c3ccccc3)[nH]c3ccccc23)cc1. The molecule has 0 spiro atoms. The van der Waals surface area contributed by atoms with Gasteiger partial charge in [-0.2, -0.15) is 0 Å². The topological polar surface area (TPSA) is 121 Å². The maximum absolute atomic E-state index is 14.3. The zero-order chi connectivity index (χ0) is 31.7. The largest absolute Gasteiger partial charge is 0.497 e. The second-order valence-corrected chi connectivity index (χ2v) is 13.1. The van der Waals surface area contributed by atoms with E-state index in [2.05, 4.69) is 15.2 Å². The van der Waals surface area contributed by atoms with Crippen LogP contribution in [0, 0.1) is 5.92 Å². The number of benzene rings is 4. The Balaban J connectivity index is 1.44. The van der Waals surface area contributed by atoms with E-state index in [4.69, 9.17) is 4.74 Å². The van der Waals surface area contributed by atoms with E-state index >= 15 is 0 Å². The summed E-state index contributed by atoms with van der Waals surface area (Å²) in [6, 6.07) is 29.4. The number of fused-ring (bicyclic) bond motifs is 2. The summed E-state index contributed by atoms with van der Waals surface area (Å²) >= 11 is 0. The highest BCUT2D eigenvalue weighted by Crippen LogP contribution is 2.46. The first-order valence-corrected chi connectivity index (χ1v) is 16.2. The van der Waals surface area contributed by atoms with Crippen molar-refractivity contribution in [2.75, 3.05) is 7.11 Å². The van der Waals surface area contributed by atoms with Gasteiger partial charge < -0.3 is 14.6 Å².